The summed E-state index contributed by atoms with van der Waals surface area (Å²) < 4.78 is 152. The molecule has 11 rings (SSSR count). The fourth-order valence-corrected chi connectivity index (χ4v) is 13.8. The number of oxime groups is 1. The number of esters is 1. The van der Waals surface area contributed by atoms with Gasteiger partial charge < -0.3 is 35.2 Å². The number of carbonyl (C=O) groups excluding carboxylic acids is 4. The smallest absolute Gasteiger partial charge is 0.451 e. The second kappa shape index (κ2) is 33.2. The van der Waals surface area contributed by atoms with Crippen molar-refractivity contribution in [2.24, 2.45) is 30.4 Å². The Morgan fingerprint density at radius 3 is 1.93 bits per heavy atom. The largest absolute Gasteiger partial charge is 0.496 e. The molecule has 0 saturated heterocycles. The summed E-state index contributed by atoms with van der Waals surface area (Å²) in [7, 11) is -7.73. The number of rotatable bonds is 19. The maximum Gasteiger partial charge on any atom is 0.451 e. The van der Waals surface area contributed by atoms with Crippen LogP contribution in [0.2, 0.25) is 0 Å². The minimum Gasteiger partial charge on any atom is -0.496 e. The summed E-state index contributed by atoms with van der Waals surface area (Å²) in [5.74, 6) is -4.33. The molecule has 3 aromatic heterocycles. The Balaban J connectivity index is 0.000000180. The van der Waals surface area contributed by atoms with Crippen molar-refractivity contribution in [3.8, 4) is 28.4 Å². The lowest BCUT2D eigenvalue weighted by Gasteiger charge is -2.19. The number of aromatic nitrogens is 7. The van der Waals surface area contributed by atoms with E-state index in [1.165, 1.54) is 80.0 Å². The number of anilines is 1. The van der Waals surface area contributed by atoms with Crippen molar-refractivity contribution in [2.45, 2.75) is 123 Å². The van der Waals surface area contributed by atoms with Crippen molar-refractivity contribution in [2.75, 3.05) is 43.7 Å². The monoisotopic (exact) mass is 1560 g/mol. The summed E-state index contributed by atoms with van der Waals surface area (Å²) in [6, 6.07) is 20.5. The van der Waals surface area contributed by atoms with Crippen molar-refractivity contribution in [3.05, 3.63) is 190 Å². The molecule has 3 aliphatic rings. The Hall–Kier alpha value is -10.4. The molecule has 5 aromatic carbocycles. The Morgan fingerprint density at radius 2 is 1.40 bits per heavy atom. The predicted molar refractivity (Wildman–Crippen MR) is 392 cm³/mol. The third-order valence-corrected chi connectivity index (χ3v) is 20.9. The van der Waals surface area contributed by atoms with Gasteiger partial charge >= 0.3 is 17.8 Å². The number of H-pyrrole nitrogens is 1. The van der Waals surface area contributed by atoms with Gasteiger partial charge in [0.15, 0.2) is 15.6 Å². The predicted octanol–water partition coefficient (Wildman–Crippen LogP) is 7.34. The second-order valence-electron chi connectivity index (χ2n) is 25.7. The van der Waals surface area contributed by atoms with E-state index in [-0.39, 0.29) is 86.9 Å². The second-order valence-corrected chi connectivity index (χ2v) is 31.9. The number of para-hydroxylation sites is 1. The van der Waals surface area contributed by atoms with Crippen LogP contribution in [0.15, 0.2) is 120 Å². The number of nitrogens with two attached hydrogens (primary N) is 1. The van der Waals surface area contributed by atoms with Crippen LogP contribution >= 0.6 is 12.2 Å². The molecule has 1 fully saturated rings. The van der Waals surface area contributed by atoms with Crippen LogP contribution in [0.25, 0.3) is 16.8 Å². The minimum absolute atomic E-state index is 0.00623. The van der Waals surface area contributed by atoms with E-state index < -0.39 is 81.7 Å². The van der Waals surface area contributed by atoms with Gasteiger partial charge in [-0.05, 0) is 150 Å². The molecule has 0 bridgehead atoms. The number of methoxy groups -OCH3 is 1. The molecule has 0 unspecified atom stereocenters. The van der Waals surface area contributed by atoms with Crippen LogP contribution in [0.1, 0.15) is 137 Å². The quantitative estimate of drug-likeness (QED) is 0.0229. The normalized spacial score (nSPS) is 13.7. The standard InChI is InChI=1S/C23H32N2O4.C18H18N2O5S.C16H17N3O5S.C13H13F4N5O3S2/c1-7-16-13-15(3)14-17(8-2)18(16)19-20(26)24-9-11-28-12-10-25(24)21(19)29-22(27)23(4,5)6;1-25-16-5-3-2-4-15(16)18(22)20-26(23,24)14-10-6-12(7-11-14)17(21)19-13-8-9-13;1-9-10(15(20)11-8-17-19(2)16(11)21)4-5-13(25(3,22)23)14(9)12-6-7-24-18-12;1-3-27(24,25)20-8-5-9(7(14)4-6(8)10(18)26)22-12(23)21(2)11(19-22)13(15,16)17/h13-14H,7-12H2,1-6H3;2-7,10-11,13H,8-9H2,1H3,(H,19,21)(H,20,22);4-5,8,17H,6-7H2,1-3H3;4-5,20H,3H2,1-2H3,(H2,18,26). The number of hydrogen-bond acceptors (Lipinski definition) is 20. The molecular formula is C70H80F4N12O17S4. The van der Waals surface area contributed by atoms with E-state index in [0.717, 1.165) is 61.7 Å². The van der Waals surface area contributed by atoms with Gasteiger partial charge in [-0.15, -0.1) is 5.10 Å². The van der Waals surface area contributed by atoms with E-state index in [9.17, 15) is 76.4 Å². The molecule has 2 aliphatic heterocycles. The lowest BCUT2D eigenvalue weighted by atomic mass is 9.91. The number of aryl methyl sites for hydroxylation is 4. The number of benzene rings is 5. The molecule has 6 N–H and O–H groups in total. The Kier molecular flexibility index (Phi) is 25.5. The van der Waals surface area contributed by atoms with Crippen LogP contribution in [0.3, 0.4) is 0 Å². The molecule has 5 heterocycles. The van der Waals surface area contributed by atoms with Gasteiger partial charge in [0.1, 0.15) is 40.0 Å². The van der Waals surface area contributed by atoms with Gasteiger partial charge in [0.25, 0.3) is 33.0 Å². The summed E-state index contributed by atoms with van der Waals surface area (Å²) in [5, 5.41) is 12.5. The zero-order valence-corrected chi connectivity index (χ0v) is 63.6. The highest BCUT2D eigenvalue weighted by molar-refractivity contribution is 7.92. The molecule has 0 atom stereocenters. The topological polar surface area (TPSA) is 387 Å². The molecule has 107 heavy (non-hydrogen) atoms. The molecule has 29 nitrogen and oxygen atoms in total. The van der Waals surface area contributed by atoms with Crippen molar-refractivity contribution in [1.82, 2.24) is 43.5 Å². The molecule has 574 valence electrons. The van der Waals surface area contributed by atoms with Crippen LogP contribution < -0.4 is 46.8 Å². The number of halogens is 4. The number of ether oxygens (including phenoxy) is 3. The maximum absolute atomic E-state index is 14.4. The van der Waals surface area contributed by atoms with Gasteiger partial charge in [0.2, 0.25) is 21.7 Å². The fourth-order valence-electron chi connectivity index (χ4n) is 11.1. The van der Waals surface area contributed by atoms with Crippen molar-refractivity contribution >= 4 is 82.1 Å². The lowest BCUT2D eigenvalue weighted by Crippen LogP contribution is -2.31. The van der Waals surface area contributed by atoms with Crippen molar-refractivity contribution in [1.29, 1.82) is 0 Å². The molecular weight excluding hydrogens is 1490 g/mol. The lowest BCUT2D eigenvalue weighted by molar-refractivity contribution is -0.147. The average Bonchev–Trinajstić information content (AvgIpc) is 1.66. The third kappa shape index (κ3) is 19.1. The summed E-state index contributed by atoms with van der Waals surface area (Å²) in [4.78, 5) is 92.0. The number of carbonyl (C=O) groups is 4. The number of amides is 2. The van der Waals surface area contributed by atoms with E-state index in [1.54, 1.807) is 34.5 Å². The summed E-state index contributed by atoms with van der Waals surface area (Å²) in [6.45, 7) is 16.9. The van der Waals surface area contributed by atoms with Crippen LogP contribution in [-0.2, 0) is 90.5 Å². The summed E-state index contributed by atoms with van der Waals surface area (Å²) >= 11 is 4.73. The fraction of sp³-hybridized carbons (Fsp3) is 0.371. The van der Waals surface area contributed by atoms with Crippen LogP contribution in [-0.4, -0.2) is 138 Å². The minimum atomic E-state index is -4.96. The number of ketones is 1. The first-order chi connectivity index (χ1) is 50.1. The molecule has 1 saturated carbocycles. The maximum atomic E-state index is 14.4. The van der Waals surface area contributed by atoms with Crippen molar-refractivity contribution in [3.63, 3.8) is 0 Å². The first-order valence-electron chi connectivity index (χ1n) is 33.2. The Bertz CT molecular complexity index is 5350. The number of sulfonamides is 2. The summed E-state index contributed by atoms with van der Waals surface area (Å²) in [6.07, 6.45) is 1.46. The Morgan fingerprint density at radius 1 is 0.776 bits per heavy atom. The number of nitrogens with one attached hydrogen (secondary N) is 4. The highest BCUT2D eigenvalue weighted by atomic mass is 32.2. The number of aromatic amines is 1. The van der Waals surface area contributed by atoms with E-state index in [4.69, 9.17) is 37.0 Å². The average molecular weight is 1570 g/mol. The van der Waals surface area contributed by atoms with Crippen LogP contribution in [0.5, 0.6) is 11.6 Å². The van der Waals surface area contributed by atoms with Gasteiger partial charge in [-0.2, -0.15) is 17.9 Å². The number of fused-ring (bicyclic) bond motifs is 1. The zero-order chi connectivity index (χ0) is 79.2. The number of sulfone groups is 1. The first-order valence-corrected chi connectivity index (χ1v) is 38.6. The van der Waals surface area contributed by atoms with E-state index >= 15 is 0 Å². The van der Waals surface area contributed by atoms with Crippen molar-refractivity contribution < 1.29 is 81.0 Å². The molecule has 8 aromatic rings. The molecule has 1 aliphatic carbocycles. The highest BCUT2D eigenvalue weighted by Crippen LogP contribution is 2.37. The van der Waals surface area contributed by atoms with Gasteiger partial charge in [0, 0.05) is 61.3 Å². The SMILES string of the molecule is CCS(=O)(=O)Nc1cc(-n2nc(C(F)(F)F)n(C)c2=O)c(F)cc1C(N)=S.CCc1cc(C)cc(CC)c1-c1c(OC(=O)C(C)(C)C)n2n(c1=O)CCOCC2.COc1ccccc1C(=O)NS(=O)(=O)c1ccc(C(=O)NC2CC2)cc1.Cc1c(C(=O)c2c[nH]n(C)c2=O)ccc(S(C)(=O)=O)c1C1=NOCC1. The van der Waals surface area contributed by atoms with Gasteiger partial charge in [-0.1, -0.05) is 61.0 Å². The van der Waals surface area contributed by atoms with Crippen LogP contribution in [0.4, 0.5) is 23.2 Å². The first kappa shape index (κ1) is 82.3. The number of thiocarbonyl (C=S) groups is 1. The van der Waals surface area contributed by atoms with Crippen LogP contribution in [0, 0.1) is 25.1 Å². The third-order valence-electron chi connectivity index (χ3n) is 16.9. The van der Waals surface area contributed by atoms with Gasteiger partial charge in [0.05, 0.1) is 71.3 Å². The van der Waals surface area contributed by atoms with Gasteiger partial charge in [-0.25, -0.2) is 48.5 Å². The number of hydrogen-bond donors (Lipinski definition) is 5. The molecule has 0 radical (unpaired) electrons. The van der Waals surface area contributed by atoms with Gasteiger partial charge in [-0.3, -0.25) is 42.7 Å². The number of alkyl halides is 3. The number of nitrogens with zero attached hydrogens (tertiary/aromatic N) is 7. The Labute approximate surface area is 618 Å². The highest BCUT2D eigenvalue weighted by Gasteiger charge is 2.39. The van der Waals surface area contributed by atoms with E-state index in [0.29, 0.717) is 79.2 Å². The molecule has 0 spiro atoms. The van der Waals surface area contributed by atoms with E-state index in [1.807, 2.05) is 25.5 Å². The molecule has 37 heteroatoms. The summed E-state index contributed by atoms with van der Waals surface area (Å²) in [5.41, 5.74) is 8.53. The zero-order valence-electron chi connectivity index (χ0n) is 60.3. The van der Waals surface area contributed by atoms with E-state index in [2.05, 4.69) is 58.3 Å². The molecule has 2 amide bonds.